The van der Waals surface area contributed by atoms with Crippen molar-refractivity contribution in [2.45, 2.75) is 0 Å². The van der Waals surface area contributed by atoms with Crippen LogP contribution in [0.4, 0.5) is 0 Å². The highest BCUT2D eigenvalue weighted by Crippen LogP contribution is 2.40. The predicted molar refractivity (Wildman–Crippen MR) is 102 cm³/mol. The number of benzene rings is 2. The summed E-state index contributed by atoms with van der Waals surface area (Å²) < 4.78 is 21.1. The second kappa shape index (κ2) is 7.78. The number of hydrogen-bond donors (Lipinski definition) is 0. The molecule has 2 aromatic carbocycles. The molecule has 1 heterocycles. The number of ketones is 1. The molecule has 138 valence electrons. The molecule has 0 unspecified atom stereocenters. The molecule has 0 aliphatic rings. The summed E-state index contributed by atoms with van der Waals surface area (Å²) in [6.07, 6.45) is 2.85. The number of para-hydroxylation sites is 1. The first-order chi connectivity index (χ1) is 13.1. The van der Waals surface area contributed by atoms with Crippen LogP contribution in [0.5, 0.6) is 17.2 Å². The summed E-state index contributed by atoms with van der Waals surface area (Å²) in [6, 6.07) is 12.0. The van der Waals surface area contributed by atoms with Crippen molar-refractivity contribution in [3.8, 4) is 17.2 Å². The van der Waals surface area contributed by atoms with Crippen LogP contribution in [-0.2, 0) is 0 Å². The minimum absolute atomic E-state index is 0.0376. The van der Waals surface area contributed by atoms with E-state index in [1.165, 1.54) is 33.5 Å². The summed E-state index contributed by atoms with van der Waals surface area (Å²) >= 11 is 0. The van der Waals surface area contributed by atoms with E-state index in [1.54, 1.807) is 42.5 Å². The lowest BCUT2D eigenvalue weighted by Crippen LogP contribution is -2.11. The third-order valence-electron chi connectivity index (χ3n) is 4.06. The van der Waals surface area contributed by atoms with Gasteiger partial charge in [0, 0.05) is 10.9 Å². The van der Waals surface area contributed by atoms with E-state index in [4.69, 9.17) is 18.6 Å². The average molecular weight is 366 g/mol. The van der Waals surface area contributed by atoms with Gasteiger partial charge in [0.05, 0.1) is 21.3 Å². The van der Waals surface area contributed by atoms with Crippen molar-refractivity contribution < 1.29 is 23.4 Å². The molecular weight excluding hydrogens is 348 g/mol. The molecule has 1 aromatic heterocycles. The Morgan fingerprint density at radius 2 is 1.70 bits per heavy atom. The SMILES string of the molecule is COc1ccc(/C=C/C(=O)c2cc3ccccc3oc2=O)c(OC)c1OC. The van der Waals surface area contributed by atoms with Gasteiger partial charge in [-0.25, -0.2) is 4.79 Å². The first-order valence-corrected chi connectivity index (χ1v) is 8.13. The molecule has 0 bridgehead atoms. The molecule has 0 spiro atoms. The van der Waals surface area contributed by atoms with E-state index in [0.717, 1.165) is 0 Å². The molecular formula is C21H18O6. The molecule has 6 nitrogen and oxygen atoms in total. The molecule has 6 heteroatoms. The number of carbonyl (C=O) groups excluding carboxylic acids is 1. The van der Waals surface area contributed by atoms with Gasteiger partial charge >= 0.3 is 5.63 Å². The minimum Gasteiger partial charge on any atom is -0.493 e. The lowest BCUT2D eigenvalue weighted by molar-refractivity contribution is 0.104. The zero-order valence-corrected chi connectivity index (χ0v) is 15.1. The maximum absolute atomic E-state index is 12.5. The van der Waals surface area contributed by atoms with Crippen molar-refractivity contribution >= 4 is 22.8 Å². The Morgan fingerprint density at radius 3 is 2.41 bits per heavy atom. The quantitative estimate of drug-likeness (QED) is 0.376. The number of rotatable bonds is 6. The summed E-state index contributed by atoms with van der Waals surface area (Å²) in [5.41, 5.74) is 0.324. The molecule has 27 heavy (non-hydrogen) atoms. The normalized spacial score (nSPS) is 10.9. The molecule has 0 atom stereocenters. The van der Waals surface area contributed by atoms with Crippen LogP contribution >= 0.6 is 0 Å². The molecule has 0 amide bonds. The maximum atomic E-state index is 12.5. The van der Waals surface area contributed by atoms with Crippen LogP contribution < -0.4 is 19.8 Å². The molecule has 0 aliphatic heterocycles. The predicted octanol–water partition coefficient (Wildman–Crippen LogP) is 3.71. The lowest BCUT2D eigenvalue weighted by Gasteiger charge is -2.13. The van der Waals surface area contributed by atoms with Gasteiger partial charge in [0.2, 0.25) is 5.75 Å². The van der Waals surface area contributed by atoms with E-state index < -0.39 is 11.4 Å². The first-order valence-electron chi connectivity index (χ1n) is 8.13. The Kier molecular flexibility index (Phi) is 5.26. The van der Waals surface area contributed by atoms with E-state index >= 15 is 0 Å². The van der Waals surface area contributed by atoms with Crippen LogP contribution in [0.3, 0.4) is 0 Å². The van der Waals surface area contributed by atoms with E-state index in [-0.39, 0.29) is 5.56 Å². The van der Waals surface area contributed by atoms with E-state index in [9.17, 15) is 9.59 Å². The fourth-order valence-corrected chi connectivity index (χ4v) is 2.74. The van der Waals surface area contributed by atoms with Gasteiger partial charge in [0.1, 0.15) is 11.1 Å². The Bertz CT molecular complexity index is 1080. The summed E-state index contributed by atoms with van der Waals surface area (Å²) in [4.78, 5) is 24.6. The third kappa shape index (κ3) is 3.55. The fourth-order valence-electron chi connectivity index (χ4n) is 2.74. The Balaban J connectivity index is 1.98. The molecule has 3 rings (SSSR count). The van der Waals surface area contributed by atoms with E-state index in [1.807, 2.05) is 0 Å². The summed E-state index contributed by atoms with van der Waals surface area (Å²) in [5.74, 6) is 0.880. The van der Waals surface area contributed by atoms with Crippen LogP contribution in [0.2, 0.25) is 0 Å². The average Bonchev–Trinajstić information content (AvgIpc) is 2.70. The van der Waals surface area contributed by atoms with E-state index in [2.05, 4.69) is 0 Å². The van der Waals surface area contributed by atoms with Crippen LogP contribution in [0.25, 0.3) is 17.0 Å². The van der Waals surface area contributed by atoms with Gasteiger partial charge in [-0.1, -0.05) is 18.2 Å². The standard InChI is InChI=1S/C21H18O6/c1-24-18-11-9-13(19(25-2)20(18)26-3)8-10-16(22)15-12-14-6-4-5-7-17(14)27-21(15)23/h4-12H,1-3H3/b10-8+. The third-order valence-corrected chi connectivity index (χ3v) is 4.06. The van der Waals surface area contributed by atoms with Gasteiger partial charge in [0.25, 0.3) is 0 Å². The molecule has 0 saturated heterocycles. The highest BCUT2D eigenvalue weighted by molar-refractivity contribution is 6.08. The van der Waals surface area contributed by atoms with Gasteiger partial charge in [-0.05, 0) is 36.4 Å². The number of allylic oxidation sites excluding steroid dienone is 1. The topological polar surface area (TPSA) is 75.0 Å². The summed E-state index contributed by atoms with van der Waals surface area (Å²) in [5, 5.41) is 0.678. The van der Waals surface area contributed by atoms with Crippen molar-refractivity contribution in [3.63, 3.8) is 0 Å². The fraction of sp³-hybridized carbons (Fsp3) is 0.143. The number of fused-ring (bicyclic) bond motifs is 1. The molecule has 0 saturated carbocycles. The van der Waals surface area contributed by atoms with Crippen molar-refractivity contribution in [3.05, 3.63) is 70.1 Å². The van der Waals surface area contributed by atoms with Crippen LogP contribution in [0, 0.1) is 0 Å². The Morgan fingerprint density at radius 1 is 0.963 bits per heavy atom. The number of hydrogen-bond acceptors (Lipinski definition) is 6. The molecule has 0 radical (unpaired) electrons. The van der Waals surface area contributed by atoms with Crippen molar-refractivity contribution in [1.82, 2.24) is 0 Å². The van der Waals surface area contributed by atoms with Crippen molar-refractivity contribution in [2.24, 2.45) is 0 Å². The van der Waals surface area contributed by atoms with Gasteiger partial charge in [-0.3, -0.25) is 4.79 Å². The van der Waals surface area contributed by atoms with Crippen molar-refractivity contribution in [1.29, 1.82) is 0 Å². The van der Waals surface area contributed by atoms with E-state index in [0.29, 0.717) is 33.8 Å². The minimum atomic E-state index is -0.678. The lowest BCUT2D eigenvalue weighted by atomic mass is 10.1. The zero-order valence-electron chi connectivity index (χ0n) is 15.1. The molecule has 0 aliphatic carbocycles. The summed E-state index contributed by atoms with van der Waals surface area (Å²) in [7, 11) is 4.52. The highest BCUT2D eigenvalue weighted by Gasteiger charge is 2.15. The zero-order chi connectivity index (χ0) is 19.4. The second-order valence-electron chi connectivity index (χ2n) is 5.61. The Labute approximate surface area is 155 Å². The van der Waals surface area contributed by atoms with Gasteiger partial charge < -0.3 is 18.6 Å². The van der Waals surface area contributed by atoms with Crippen LogP contribution in [-0.4, -0.2) is 27.1 Å². The maximum Gasteiger partial charge on any atom is 0.347 e. The smallest absolute Gasteiger partial charge is 0.347 e. The first kappa shape index (κ1) is 18.3. The van der Waals surface area contributed by atoms with Gasteiger partial charge in [0.15, 0.2) is 17.3 Å². The number of carbonyl (C=O) groups is 1. The monoisotopic (exact) mass is 366 g/mol. The molecule has 0 fully saturated rings. The van der Waals surface area contributed by atoms with Crippen LogP contribution in [0.1, 0.15) is 15.9 Å². The number of ether oxygens (including phenoxy) is 3. The Hall–Kier alpha value is -3.54. The van der Waals surface area contributed by atoms with Gasteiger partial charge in [-0.2, -0.15) is 0 Å². The second-order valence-corrected chi connectivity index (χ2v) is 5.61. The summed E-state index contributed by atoms with van der Waals surface area (Å²) in [6.45, 7) is 0. The van der Waals surface area contributed by atoms with Crippen molar-refractivity contribution in [2.75, 3.05) is 21.3 Å². The number of methoxy groups -OCH3 is 3. The van der Waals surface area contributed by atoms with Crippen LogP contribution in [0.15, 0.2) is 57.8 Å². The van der Waals surface area contributed by atoms with Gasteiger partial charge in [-0.15, -0.1) is 0 Å². The highest BCUT2D eigenvalue weighted by atomic mass is 16.5. The molecule has 3 aromatic rings. The largest absolute Gasteiger partial charge is 0.493 e. The molecule has 0 N–H and O–H groups in total.